The van der Waals surface area contributed by atoms with Gasteiger partial charge in [-0.15, -0.1) is 0 Å². The van der Waals surface area contributed by atoms with E-state index < -0.39 is 16.1 Å². The van der Waals surface area contributed by atoms with Gasteiger partial charge in [0.15, 0.2) is 0 Å². The number of amides is 1. The van der Waals surface area contributed by atoms with Crippen molar-refractivity contribution in [1.29, 1.82) is 0 Å². The Morgan fingerprint density at radius 3 is 2.36 bits per heavy atom. The summed E-state index contributed by atoms with van der Waals surface area (Å²) in [5.41, 5.74) is 1.29. The molecule has 0 spiro atoms. The van der Waals surface area contributed by atoms with Crippen LogP contribution in [-0.4, -0.2) is 21.4 Å². The lowest BCUT2D eigenvalue weighted by atomic mass is 10.1. The maximum atomic E-state index is 13.7. The number of rotatable bonds is 7. The molecule has 2 aromatic carbocycles. The van der Waals surface area contributed by atoms with Gasteiger partial charge in [0.1, 0.15) is 5.82 Å². The van der Waals surface area contributed by atoms with Crippen LogP contribution in [0.5, 0.6) is 0 Å². The summed E-state index contributed by atoms with van der Waals surface area (Å²) in [6.45, 7) is 1.73. The van der Waals surface area contributed by atoms with Crippen molar-refractivity contribution >= 4 is 15.9 Å². The van der Waals surface area contributed by atoms with Crippen LogP contribution in [0.1, 0.15) is 30.5 Å². The van der Waals surface area contributed by atoms with E-state index >= 15 is 0 Å². The Hall–Kier alpha value is -2.25. The van der Waals surface area contributed by atoms with E-state index in [9.17, 15) is 17.6 Å². The van der Waals surface area contributed by atoms with E-state index in [4.69, 9.17) is 0 Å². The van der Waals surface area contributed by atoms with Gasteiger partial charge in [0.25, 0.3) is 0 Å². The Labute approximate surface area is 147 Å². The van der Waals surface area contributed by atoms with Gasteiger partial charge < -0.3 is 5.32 Å². The van der Waals surface area contributed by atoms with Crippen LogP contribution in [0.2, 0.25) is 0 Å². The molecule has 0 aromatic heterocycles. The summed E-state index contributed by atoms with van der Waals surface area (Å²) in [5.74, 6) is -0.542. The summed E-state index contributed by atoms with van der Waals surface area (Å²) >= 11 is 0. The molecule has 0 heterocycles. The molecule has 0 aliphatic carbocycles. The van der Waals surface area contributed by atoms with E-state index in [1.807, 2.05) is 0 Å². The van der Waals surface area contributed by atoms with Crippen molar-refractivity contribution in [1.82, 2.24) is 10.0 Å². The first-order valence-electron chi connectivity index (χ1n) is 7.90. The maximum Gasteiger partial charge on any atom is 0.240 e. The lowest BCUT2D eigenvalue weighted by molar-refractivity contribution is -0.121. The number of halogens is 1. The molecule has 7 heteroatoms. The molecule has 2 N–H and O–H groups in total. The van der Waals surface area contributed by atoms with E-state index in [1.165, 1.54) is 25.2 Å². The molecular formula is C18H21FN2O3S. The number of nitrogens with one attached hydrogen (secondary N) is 2. The van der Waals surface area contributed by atoms with Gasteiger partial charge in [-0.3, -0.25) is 4.79 Å². The van der Waals surface area contributed by atoms with Gasteiger partial charge in [0.05, 0.1) is 10.9 Å². The second-order valence-electron chi connectivity index (χ2n) is 5.66. The van der Waals surface area contributed by atoms with Gasteiger partial charge >= 0.3 is 0 Å². The van der Waals surface area contributed by atoms with Crippen LogP contribution in [0, 0.1) is 5.82 Å². The molecule has 0 saturated heterocycles. The fraction of sp³-hybridized carbons (Fsp3) is 0.278. The average molecular weight is 364 g/mol. The zero-order valence-electron chi connectivity index (χ0n) is 14.1. The highest BCUT2D eigenvalue weighted by Crippen LogP contribution is 2.16. The van der Waals surface area contributed by atoms with Gasteiger partial charge in [-0.1, -0.05) is 30.3 Å². The standard InChI is InChI=1S/C18H21FN2O3S/c1-13(16-5-3-4-6-17(16)19)21-18(22)12-9-14-7-10-15(11-8-14)25(23,24)20-2/h3-8,10-11,13,20H,9,12H2,1-2H3,(H,21,22). The molecule has 134 valence electrons. The number of aryl methyl sites for hydroxylation is 1. The molecule has 0 aliphatic rings. The van der Waals surface area contributed by atoms with Crippen molar-refractivity contribution in [3.63, 3.8) is 0 Å². The molecular weight excluding hydrogens is 343 g/mol. The second kappa shape index (κ2) is 8.22. The average Bonchev–Trinajstić information content (AvgIpc) is 2.60. The monoisotopic (exact) mass is 364 g/mol. The van der Waals surface area contributed by atoms with Crippen molar-refractivity contribution in [2.75, 3.05) is 7.05 Å². The minimum Gasteiger partial charge on any atom is -0.349 e. The highest BCUT2D eigenvalue weighted by molar-refractivity contribution is 7.89. The molecule has 0 saturated carbocycles. The molecule has 0 fully saturated rings. The summed E-state index contributed by atoms with van der Waals surface area (Å²) in [6.07, 6.45) is 0.701. The first-order chi connectivity index (χ1) is 11.8. The number of carbonyl (C=O) groups is 1. The smallest absolute Gasteiger partial charge is 0.240 e. The van der Waals surface area contributed by atoms with E-state index in [2.05, 4.69) is 10.0 Å². The highest BCUT2D eigenvalue weighted by Gasteiger charge is 2.14. The first kappa shape index (κ1) is 19.1. The van der Waals surface area contributed by atoms with Crippen molar-refractivity contribution in [2.45, 2.75) is 30.7 Å². The molecule has 2 rings (SSSR count). The number of carbonyl (C=O) groups excluding carboxylic acids is 1. The summed E-state index contributed by atoms with van der Waals surface area (Å²) in [5, 5.41) is 2.77. The quantitative estimate of drug-likeness (QED) is 0.793. The van der Waals surface area contributed by atoms with Crippen LogP contribution in [0.25, 0.3) is 0 Å². The van der Waals surface area contributed by atoms with Gasteiger partial charge in [0, 0.05) is 12.0 Å². The van der Waals surface area contributed by atoms with Crippen LogP contribution < -0.4 is 10.0 Å². The topological polar surface area (TPSA) is 75.3 Å². The van der Waals surface area contributed by atoms with Gasteiger partial charge in [-0.25, -0.2) is 17.5 Å². The Balaban J connectivity index is 1.91. The molecule has 1 atom stereocenters. The van der Waals surface area contributed by atoms with Gasteiger partial charge in [-0.2, -0.15) is 0 Å². The lowest BCUT2D eigenvalue weighted by Crippen LogP contribution is -2.27. The summed E-state index contributed by atoms with van der Waals surface area (Å²) in [7, 11) is -2.11. The van der Waals surface area contributed by atoms with Crippen molar-refractivity contribution < 1.29 is 17.6 Å². The van der Waals surface area contributed by atoms with Crippen LogP contribution in [0.3, 0.4) is 0 Å². The Bertz CT molecular complexity index is 836. The predicted octanol–water partition coefficient (Wildman–Crippen LogP) is 2.54. The first-order valence-corrected chi connectivity index (χ1v) is 9.38. The van der Waals surface area contributed by atoms with Crippen LogP contribution in [-0.2, 0) is 21.2 Å². The minimum atomic E-state index is -3.46. The third kappa shape index (κ3) is 5.11. The molecule has 0 radical (unpaired) electrons. The number of hydrogen-bond acceptors (Lipinski definition) is 3. The fourth-order valence-corrected chi connectivity index (χ4v) is 3.16. The Morgan fingerprint density at radius 2 is 1.76 bits per heavy atom. The molecule has 1 amide bonds. The van der Waals surface area contributed by atoms with Crippen LogP contribution >= 0.6 is 0 Å². The number of benzene rings is 2. The van der Waals surface area contributed by atoms with E-state index in [0.717, 1.165) is 5.56 Å². The summed E-state index contributed by atoms with van der Waals surface area (Å²) in [6, 6.07) is 12.3. The van der Waals surface area contributed by atoms with E-state index in [1.54, 1.807) is 37.3 Å². The summed E-state index contributed by atoms with van der Waals surface area (Å²) < 4.78 is 39.3. The van der Waals surface area contributed by atoms with Crippen molar-refractivity contribution in [3.8, 4) is 0 Å². The van der Waals surface area contributed by atoms with E-state index in [0.29, 0.717) is 12.0 Å². The third-order valence-corrected chi connectivity index (χ3v) is 5.32. The fourth-order valence-electron chi connectivity index (χ4n) is 2.43. The van der Waals surface area contributed by atoms with Crippen LogP contribution in [0.15, 0.2) is 53.4 Å². The zero-order chi connectivity index (χ0) is 18.4. The minimum absolute atomic E-state index is 0.177. The number of sulfonamides is 1. The molecule has 25 heavy (non-hydrogen) atoms. The normalized spacial score (nSPS) is 12.6. The van der Waals surface area contributed by atoms with E-state index in [-0.39, 0.29) is 23.0 Å². The largest absolute Gasteiger partial charge is 0.349 e. The van der Waals surface area contributed by atoms with Gasteiger partial charge in [-0.05, 0) is 44.2 Å². The predicted molar refractivity (Wildman–Crippen MR) is 94.0 cm³/mol. The van der Waals surface area contributed by atoms with Crippen molar-refractivity contribution in [3.05, 3.63) is 65.5 Å². The number of hydrogen-bond donors (Lipinski definition) is 2. The highest BCUT2D eigenvalue weighted by atomic mass is 32.2. The van der Waals surface area contributed by atoms with Gasteiger partial charge in [0.2, 0.25) is 15.9 Å². The van der Waals surface area contributed by atoms with Crippen molar-refractivity contribution in [2.24, 2.45) is 0 Å². The molecule has 2 aromatic rings. The molecule has 5 nitrogen and oxygen atoms in total. The van der Waals surface area contributed by atoms with Crippen LogP contribution in [0.4, 0.5) is 4.39 Å². The summed E-state index contributed by atoms with van der Waals surface area (Å²) in [4.78, 5) is 12.2. The Morgan fingerprint density at radius 1 is 1.12 bits per heavy atom. The zero-order valence-corrected chi connectivity index (χ0v) is 14.9. The molecule has 0 bridgehead atoms. The molecule has 0 aliphatic heterocycles. The Kier molecular flexibility index (Phi) is 6.27. The SMILES string of the molecule is CNS(=O)(=O)c1ccc(CCC(=O)NC(C)c2ccccc2F)cc1. The third-order valence-electron chi connectivity index (χ3n) is 3.89. The maximum absolute atomic E-state index is 13.7. The molecule has 1 unspecified atom stereocenters. The lowest BCUT2D eigenvalue weighted by Gasteiger charge is -2.15. The second-order valence-corrected chi connectivity index (χ2v) is 7.55.